The minimum absolute atomic E-state index is 0.0392. The van der Waals surface area contributed by atoms with Gasteiger partial charge in [-0.3, -0.25) is 23.9 Å². The molecule has 0 atom stereocenters. The fraction of sp³-hybridized carbons (Fsp3) is 0.174. The predicted molar refractivity (Wildman–Crippen MR) is 126 cm³/mol. The second-order valence-electron chi connectivity index (χ2n) is 7.48. The van der Waals surface area contributed by atoms with E-state index in [4.69, 9.17) is 4.74 Å². The van der Waals surface area contributed by atoms with Gasteiger partial charge in [0.2, 0.25) is 5.91 Å². The number of aryl methyl sites for hydroxylation is 2. The van der Waals surface area contributed by atoms with Gasteiger partial charge in [-0.25, -0.2) is 9.78 Å². The molecule has 0 saturated heterocycles. The number of aromatic nitrogens is 4. The van der Waals surface area contributed by atoms with Crippen molar-refractivity contribution < 1.29 is 14.3 Å². The van der Waals surface area contributed by atoms with Crippen LogP contribution in [0.1, 0.15) is 22.6 Å². The molecule has 4 rings (SSSR count). The van der Waals surface area contributed by atoms with Crippen molar-refractivity contribution in [2.75, 3.05) is 17.7 Å². The number of hydrogen-bond acceptors (Lipinski definition) is 6. The van der Waals surface area contributed by atoms with Crippen molar-refractivity contribution in [3.05, 3.63) is 80.8 Å². The number of hydrogen-bond donors (Lipinski definition) is 4. The third kappa shape index (κ3) is 4.72. The maximum Gasteiger partial charge on any atom is 0.329 e. The van der Waals surface area contributed by atoms with E-state index in [1.165, 1.54) is 18.7 Å². The van der Waals surface area contributed by atoms with Crippen LogP contribution < -0.4 is 26.6 Å². The molecule has 4 N–H and O–H groups in total. The van der Waals surface area contributed by atoms with Gasteiger partial charge in [-0.1, -0.05) is 18.2 Å². The number of H-pyrrole nitrogens is 2. The Bertz CT molecular complexity index is 1500. The third-order valence-corrected chi connectivity index (χ3v) is 5.17. The summed E-state index contributed by atoms with van der Waals surface area (Å²) in [5, 5.41) is 5.54. The Hall–Kier alpha value is -4.67. The van der Waals surface area contributed by atoms with E-state index in [2.05, 4.69) is 25.6 Å². The highest BCUT2D eigenvalue weighted by atomic mass is 16.5. The summed E-state index contributed by atoms with van der Waals surface area (Å²) in [5.41, 5.74) is 0.440. The van der Waals surface area contributed by atoms with E-state index in [0.717, 1.165) is 0 Å². The van der Waals surface area contributed by atoms with Gasteiger partial charge in [0.1, 0.15) is 17.1 Å². The molecule has 0 bridgehead atoms. The molecule has 0 saturated carbocycles. The number of fused-ring (bicyclic) bond motifs is 1. The molecule has 0 aliphatic heterocycles. The number of methoxy groups -OCH3 is 1. The second kappa shape index (κ2) is 9.45. The average molecular weight is 462 g/mol. The quantitative estimate of drug-likeness (QED) is 0.329. The Balaban J connectivity index is 1.45. The van der Waals surface area contributed by atoms with Crippen molar-refractivity contribution in [3.63, 3.8) is 0 Å². The van der Waals surface area contributed by atoms with Crippen LogP contribution in [0.2, 0.25) is 0 Å². The smallest absolute Gasteiger partial charge is 0.329 e. The van der Waals surface area contributed by atoms with Gasteiger partial charge in [-0.15, -0.1) is 0 Å². The lowest BCUT2D eigenvalue weighted by molar-refractivity contribution is -0.116. The van der Waals surface area contributed by atoms with Gasteiger partial charge < -0.3 is 20.4 Å². The molecule has 0 aliphatic rings. The summed E-state index contributed by atoms with van der Waals surface area (Å²) in [4.78, 5) is 58.3. The lowest BCUT2D eigenvalue weighted by atomic mass is 10.1. The number of nitrogens with zero attached hydrogens (tertiary/aromatic N) is 2. The fourth-order valence-electron chi connectivity index (χ4n) is 3.40. The van der Waals surface area contributed by atoms with Crippen LogP contribution in [0.4, 0.5) is 11.4 Å². The molecule has 2 aromatic carbocycles. The van der Waals surface area contributed by atoms with Crippen LogP contribution >= 0.6 is 0 Å². The maximum atomic E-state index is 12.8. The summed E-state index contributed by atoms with van der Waals surface area (Å²) < 4.78 is 6.38. The normalized spacial score (nSPS) is 10.8. The largest absolute Gasteiger partial charge is 0.497 e. The van der Waals surface area contributed by atoms with Crippen LogP contribution in [-0.4, -0.2) is 38.4 Å². The fourth-order valence-corrected chi connectivity index (χ4v) is 3.40. The molecule has 2 heterocycles. The number of aromatic amines is 2. The number of carbonyl (C=O) groups excluding carboxylic acids is 2. The van der Waals surface area contributed by atoms with E-state index in [-0.39, 0.29) is 35.8 Å². The molecule has 11 heteroatoms. The number of ether oxygens (including phenoxy) is 1. The molecular formula is C23H22N6O5. The van der Waals surface area contributed by atoms with Crippen molar-refractivity contribution in [2.24, 2.45) is 7.05 Å². The van der Waals surface area contributed by atoms with E-state index < -0.39 is 11.2 Å². The monoisotopic (exact) mass is 462 g/mol. The van der Waals surface area contributed by atoms with E-state index >= 15 is 0 Å². The highest BCUT2D eigenvalue weighted by molar-refractivity contribution is 6.10. The van der Waals surface area contributed by atoms with Gasteiger partial charge in [-0.05, 0) is 24.3 Å². The highest BCUT2D eigenvalue weighted by Crippen LogP contribution is 2.21. The number of benzene rings is 2. The molecular weight excluding hydrogens is 440 g/mol. The summed E-state index contributed by atoms with van der Waals surface area (Å²) >= 11 is 0. The van der Waals surface area contributed by atoms with E-state index in [9.17, 15) is 19.2 Å². The van der Waals surface area contributed by atoms with Gasteiger partial charge in [0.25, 0.3) is 11.5 Å². The van der Waals surface area contributed by atoms with Crippen LogP contribution in [0.5, 0.6) is 5.75 Å². The molecule has 2 aromatic heterocycles. The lowest BCUT2D eigenvalue weighted by Gasteiger charge is -2.12. The number of rotatable bonds is 7. The molecule has 0 spiro atoms. The van der Waals surface area contributed by atoms with Gasteiger partial charge in [-0.2, -0.15) is 0 Å². The Kier molecular flexibility index (Phi) is 6.26. The topological polar surface area (TPSA) is 151 Å². The number of anilines is 2. The summed E-state index contributed by atoms with van der Waals surface area (Å²) in [6.07, 6.45) is 0.240. The van der Waals surface area contributed by atoms with Crippen molar-refractivity contribution in [2.45, 2.75) is 12.8 Å². The molecule has 174 valence electrons. The Morgan fingerprint density at radius 3 is 2.65 bits per heavy atom. The standard InChI is InChI=1S/C23H22N6O5/c1-29-20-19(22(32)28-23(29)33)26-17(27-20)10-11-18(30)25-16-9-4-3-8-15(16)21(31)24-13-6-5-7-14(12-13)34-2/h3-9,12H,10-11H2,1-2H3,(H,24,31)(H,25,30)(H,26,27)(H,28,32,33). The average Bonchev–Trinajstić information content (AvgIpc) is 3.27. The summed E-state index contributed by atoms with van der Waals surface area (Å²) in [6.45, 7) is 0. The Labute approximate surface area is 192 Å². The van der Waals surface area contributed by atoms with E-state index in [1.54, 1.807) is 48.5 Å². The van der Waals surface area contributed by atoms with Crippen LogP contribution in [0.3, 0.4) is 0 Å². The zero-order valence-corrected chi connectivity index (χ0v) is 18.5. The second-order valence-corrected chi connectivity index (χ2v) is 7.48. The van der Waals surface area contributed by atoms with Gasteiger partial charge in [0.15, 0.2) is 5.65 Å². The zero-order valence-electron chi connectivity index (χ0n) is 18.5. The number of carbonyl (C=O) groups is 2. The molecule has 2 amide bonds. The van der Waals surface area contributed by atoms with Gasteiger partial charge >= 0.3 is 5.69 Å². The van der Waals surface area contributed by atoms with Crippen molar-refractivity contribution in [1.82, 2.24) is 19.5 Å². The maximum absolute atomic E-state index is 12.8. The summed E-state index contributed by atoms with van der Waals surface area (Å²) in [5.74, 6) is 0.263. The first kappa shape index (κ1) is 22.5. The van der Waals surface area contributed by atoms with Crippen LogP contribution in [0.25, 0.3) is 11.2 Å². The number of amides is 2. The first-order valence-electron chi connectivity index (χ1n) is 10.4. The number of para-hydroxylation sites is 1. The molecule has 0 unspecified atom stereocenters. The summed E-state index contributed by atoms with van der Waals surface area (Å²) in [6, 6.07) is 13.6. The van der Waals surface area contributed by atoms with Crippen LogP contribution in [0.15, 0.2) is 58.1 Å². The van der Waals surface area contributed by atoms with E-state index in [1.807, 2.05) is 0 Å². The molecule has 0 aliphatic carbocycles. The van der Waals surface area contributed by atoms with Crippen molar-refractivity contribution in [1.29, 1.82) is 0 Å². The Morgan fingerprint density at radius 1 is 1.06 bits per heavy atom. The molecule has 11 nitrogen and oxygen atoms in total. The lowest BCUT2D eigenvalue weighted by Crippen LogP contribution is -2.28. The van der Waals surface area contributed by atoms with Crippen molar-refractivity contribution in [3.8, 4) is 5.75 Å². The first-order valence-corrected chi connectivity index (χ1v) is 10.4. The minimum Gasteiger partial charge on any atom is -0.497 e. The summed E-state index contributed by atoms with van der Waals surface area (Å²) in [7, 11) is 3.03. The predicted octanol–water partition coefficient (Wildman–Crippen LogP) is 1.78. The highest BCUT2D eigenvalue weighted by Gasteiger charge is 2.15. The zero-order chi connectivity index (χ0) is 24.2. The van der Waals surface area contributed by atoms with Gasteiger partial charge in [0.05, 0.1) is 18.4 Å². The van der Waals surface area contributed by atoms with E-state index in [0.29, 0.717) is 28.5 Å². The molecule has 34 heavy (non-hydrogen) atoms. The van der Waals surface area contributed by atoms with Crippen molar-refractivity contribution >= 4 is 34.4 Å². The SMILES string of the molecule is COc1cccc(NC(=O)c2ccccc2NC(=O)CCc2nc3c([nH]2)c(=O)[nH]c(=O)n3C)c1. The first-order chi connectivity index (χ1) is 16.4. The Morgan fingerprint density at radius 2 is 1.85 bits per heavy atom. The number of imidazole rings is 1. The third-order valence-electron chi connectivity index (χ3n) is 5.17. The molecule has 0 radical (unpaired) electrons. The molecule has 0 fully saturated rings. The van der Waals surface area contributed by atoms with Gasteiger partial charge in [0, 0.05) is 31.6 Å². The van der Waals surface area contributed by atoms with Crippen LogP contribution in [0, 0.1) is 0 Å². The number of nitrogens with one attached hydrogen (secondary N) is 4. The minimum atomic E-state index is -0.572. The molecule has 4 aromatic rings. The van der Waals surface area contributed by atoms with Crippen LogP contribution in [-0.2, 0) is 18.3 Å².